The van der Waals surface area contributed by atoms with E-state index in [1.54, 1.807) is 26.6 Å². The summed E-state index contributed by atoms with van der Waals surface area (Å²) in [6.45, 7) is 5.96. The van der Waals surface area contributed by atoms with Gasteiger partial charge in [0.2, 0.25) is 5.95 Å². The smallest absolute Gasteiger partial charge is 0.229 e. The summed E-state index contributed by atoms with van der Waals surface area (Å²) in [5.74, 6) is 2.16. The van der Waals surface area contributed by atoms with Crippen LogP contribution in [0.2, 0.25) is 5.02 Å². The number of benzene rings is 2. The Labute approximate surface area is 237 Å². The molecule has 1 aromatic heterocycles. The minimum absolute atomic E-state index is 0.374. The van der Waals surface area contributed by atoms with Gasteiger partial charge >= 0.3 is 0 Å². The predicted molar refractivity (Wildman–Crippen MR) is 163 cm³/mol. The van der Waals surface area contributed by atoms with Crippen molar-refractivity contribution in [3.8, 4) is 5.75 Å². The molecule has 2 aliphatic rings. The fraction of sp³-hybridized carbons (Fsp3) is 0.467. The zero-order valence-electron chi connectivity index (χ0n) is 23.3. The number of methoxy groups -OCH3 is 1. The lowest BCUT2D eigenvalue weighted by atomic mass is 9.64. The number of halogens is 1. The van der Waals surface area contributed by atoms with Crippen molar-refractivity contribution in [3.63, 3.8) is 0 Å². The van der Waals surface area contributed by atoms with Crippen molar-refractivity contribution >= 4 is 47.2 Å². The maximum atomic E-state index is 12.8. The summed E-state index contributed by atoms with van der Waals surface area (Å²) in [7, 11) is 1.43. The van der Waals surface area contributed by atoms with Crippen LogP contribution in [0.25, 0.3) is 0 Å². The van der Waals surface area contributed by atoms with E-state index in [0.29, 0.717) is 33.8 Å². The fourth-order valence-electron chi connectivity index (χ4n) is 6.03. The SMILES string of the molecule is COc1cc(C2CCC3(CC2)CCN(C)CC3)ccc1Nc1ncc(Cl)c(Nc2ccccc2P(C)(C)=O)n1. The number of aromatic nitrogens is 2. The van der Waals surface area contributed by atoms with Crippen molar-refractivity contribution < 1.29 is 9.30 Å². The number of ether oxygens (including phenoxy) is 1. The molecule has 3 aromatic rings. The molecule has 0 radical (unpaired) electrons. The lowest BCUT2D eigenvalue weighted by Gasteiger charge is -2.45. The maximum Gasteiger partial charge on any atom is 0.229 e. The van der Waals surface area contributed by atoms with Crippen molar-refractivity contribution in [2.75, 3.05) is 51.2 Å². The third-order valence-corrected chi connectivity index (χ3v) is 10.3. The molecule has 208 valence electrons. The monoisotopic (exact) mass is 567 g/mol. The van der Waals surface area contributed by atoms with Gasteiger partial charge in [-0.2, -0.15) is 4.98 Å². The summed E-state index contributed by atoms with van der Waals surface area (Å²) in [5.41, 5.74) is 3.40. The van der Waals surface area contributed by atoms with Gasteiger partial charge in [-0.25, -0.2) is 4.98 Å². The quantitative estimate of drug-likeness (QED) is 0.291. The first-order valence-corrected chi connectivity index (χ1v) is 16.7. The normalized spacial score (nSPS) is 18.2. The van der Waals surface area contributed by atoms with Gasteiger partial charge in [-0.1, -0.05) is 29.8 Å². The average Bonchev–Trinajstić information content (AvgIpc) is 2.93. The van der Waals surface area contributed by atoms with E-state index in [1.807, 2.05) is 24.3 Å². The van der Waals surface area contributed by atoms with Gasteiger partial charge in [0.1, 0.15) is 17.9 Å². The number of piperidine rings is 1. The third-order valence-electron chi connectivity index (χ3n) is 8.52. The molecule has 2 N–H and O–H groups in total. The van der Waals surface area contributed by atoms with Crippen LogP contribution in [0.15, 0.2) is 48.7 Å². The van der Waals surface area contributed by atoms with Crippen molar-refractivity contribution in [3.05, 3.63) is 59.2 Å². The Hall–Kier alpha value is -2.60. The highest BCUT2D eigenvalue weighted by molar-refractivity contribution is 7.70. The van der Waals surface area contributed by atoms with Crippen LogP contribution in [0.4, 0.5) is 23.1 Å². The van der Waals surface area contributed by atoms with Crippen molar-refractivity contribution in [2.45, 2.75) is 44.4 Å². The van der Waals surface area contributed by atoms with Crippen molar-refractivity contribution in [1.29, 1.82) is 0 Å². The fourth-order valence-corrected chi connectivity index (χ4v) is 7.33. The van der Waals surface area contributed by atoms with Crippen molar-refractivity contribution in [2.24, 2.45) is 5.41 Å². The Bertz CT molecular complexity index is 1360. The molecular weight excluding hydrogens is 529 g/mol. The molecule has 2 aromatic carbocycles. The number of rotatable bonds is 7. The Morgan fingerprint density at radius 2 is 1.74 bits per heavy atom. The lowest BCUT2D eigenvalue weighted by Crippen LogP contribution is -2.39. The van der Waals surface area contributed by atoms with Crippen LogP contribution in [-0.2, 0) is 4.57 Å². The highest BCUT2D eigenvalue weighted by Crippen LogP contribution is 2.49. The Balaban J connectivity index is 1.30. The minimum atomic E-state index is -2.50. The summed E-state index contributed by atoms with van der Waals surface area (Å²) in [6, 6.07) is 13.9. The summed E-state index contributed by atoms with van der Waals surface area (Å²) in [6.07, 6.45) is 9.33. The first kappa shape index (κ1) is 27.9. The molecule has 1 aliphatic carbocycles. The molecule has 39 heavy (non-hydrogen) atoms. The third kappa shape index (κ3) is 6.42. The summed E-state index contributed by atoms with van der Waals surface area (Å²) in [5, 5.41) is 7.67. The summed E-state index contributed by atoms with van der Waals surface area (Å²) >= 11 is 6.43. The maximum absolute atomic E-state index is 12.8. The van der Waals surface area contributed by atoms with Gasteiger partial charge in [0.25, 0.3) is 0 Å². The predicted octanol–water partition coefficient (Wildman–Crippen LogP) is 7.24. The van der Waals surface area contributed by atoms with E-state index < -0.39 is 7.14 Å². The van der Waals surface area contributed by atoms with Crippen LogP contribution in [0.1, 0.15) is 50.0 Å². The first-order chi connectivity index (χ1) is 18.7. The molecule has 1 saturated carbocycles. The Morgan fingerprint density at radius 1 is 1.03 bits per heavy atom. The second kappa shape index (κ2) is 11.5. The first-order valence-electron chi connectivity index (χ1n) is 13.7. The molecule has 5 rings (SSSR count). The van der Waals surface area contributed by atoms with E-state index in [-0.39, 0.29) is 0 Å². The summed E-state index contributed by atoms with van der Waals surface area (Å²) in [4.78, 5) is 11.5. The second-order valence-electron chi connectivity index (χ2n) is 11.5. The average molecular weight is 568 g/mol. The van der Waals surface area contributed by atoms with E-state index >= 15 is 0 Å². The van der Waals surface area contributed by atoms with Gasteiger partial charge in [0.15, 0.2) is 5.82 Å². The van der Waals surface area contributed by atoms with Gasteiger partial charge in [0, 0.05) is 5.30 Å². The largest absolute Gasteiger partial charge is 0.495 e. The number of hydrogen-bond donors (Lipinski definition) is 2. The van der Waals surface area contributed by atoms with Crippen molar-refractivity contribution in [1.82, 2.24) is 14.9 Å². The minimum Gasteiger partial charge on any atom is -0.495 e. The van der Waals surface area contributed by atoms with Crippen LogP contribution >= 0.6 is 18.7 Å². The van der Waals surface area contributed by atoms with Crippen LogP contribution in [0, 0.1) is 5.41 Å². The standard InChI is InChI=1S/C30H39ClN5O2P/c1-36-17-15-30(16-18-36)13-11-21(12-14-30)22-9-10-24(26(19-22)38-2)34-29-32-20-23(31)28(35-29)33-25-7-5-6-8-27(25)39(3,4)37/h5-10,19-21H,11-18H2,1-4H3,(H2,32,33,34,35). The van der Waals surface area contributed by atoms with Crippen LogP contribution in [0.5, 0.6) is 5.75 Å². The summed E-state index contributed by atoms with van der Waals surface area (Å²) < 4.78 is 18.6. The lowest BCUT2D eigenvalue weighted by molar-refractivity contribution is 0.0741. The number of para-hydroxylation sites is 1. The topological polar surface area (TPSA) is 79.4 Å². The van der Waals surface area contributed by atoms with Gasteiger partial charge in [-0.05, 0) is 113 Å². The Morgan fingerprint density at radius 3 is 2.44 bits per heavy atom. The molecular formula is C30H39ClN5O2P. The highest BCUT2D eigenvalue weighted by Gasteiger charge is 2.37. The number of nitrogens with zero attached hydrogens (tertiary/aromatic N) is 3. The number of likely N-dealkylation sites (tertiary alicyclic amines) is 1. The van der Waals surface area contributed by atoms with Crippen LogP contribution in [-0.4, -0.2) is 55.4 Å². The molecule has 0 atom stereocenters. The molecule has 7 nitrogen and oxygen atoms in total. The highest BCUT2D eigenvalue weighted by atomic mass is 35.5. The van der Waals surface area contributed by atoms with Gasteiger partial charge < -0.3 is 24.8 Å². The van der Waals surface area contributed by atoms with Crippen LogP contribution in [0.3, 0.4) is 0 Å². The second-order valence-corrected chi connectivity index (χ2v) is 15.1. The van der Waals surface area contributed by atoms with Gasteiger partial charge in [-0.15, -0.1) is 0 Å². The molecule has 1 saturated heterocycles. The molecule has 2 heterocycles. The van der Waals surface area contributed by atoms with E-state index in [9.17, 15) is 4.57 Å². The molecule has 0 amide bonds. The van der Waals surface area contributed by atoms with E-state index in [4.69, 9.17) is 16.3 Å². The van der Waals surface area contributed by atoms with E-state index in [1.165, 1.54) is 57.2 Å². The Kier molecular flexibility index (Phi) is 8.23. The molecule has 0 bridgehead atoms. The number of hydrogen-bond acceptors (Lipinski definition) is 7. The zero-order chi connectivity index (χ0) is 27.6. The van der Waals surface area contributed by atoms with Crippen LogP contribution < -0.4 is 20.7 Å². The number of nitrogens with one attached hydrogen (secondary N) is 2. The molecule has 0 unspecified atom stereocenters. The molecule has 1 spiro atoms. The van der Waals surface area contributed by atoms with E-state index in [0.717, 1.165) is 16.7 Å². The zero-order valence-corrected chi connectivity index (χ0v) is 25.0. The van der Waals surface area contributed by atoms with E-state index in [2.05, 4.69) is 50.7 Å². The molecule has 1 aliphatic heterocycles. The van der Waals surface area contributed by atoms with Gasteiger partial charge in [0.05, 0.1) is 24.7 Å². The molecule has 9 heteroatoms. The number of anilines is 4. The molecule has 2 fully saturated rings. The van der Waals surface area contributed by atoms with Gasteiger partial charge in [-0.3, -0.25) is 0 Å².